The van der Waals surface area contributed by atoms with Crippen LogP contribution >= 0.6 is 0 Å². The Morgan fingerprint density at radius 2 is 2.32 bits per heavy atom. The fourth-order valence-corrected chi connectivity index (χ4v) is 2.79. The van der Waals surface area contributed by atoms with Crippen molar-refractivity contribution in [2.75, 3.05) is 0 Å². The van der Waals surface area contributed by atoms with Crippen molar-refractivity contribution in [2.45, 2.75) is 31.1 Å². The van der Waals surface area contributed by atoms with E-state index in [1.165, 1.54) is 6.20 Å². The van der Waals surface area contributed by atoms with Crippen LogP contribution in [-0.4, -0.2) is 33.2 Å². The lowest BCUT2D eigenvalue weighted by atomic mass is 9.77. The highest BCUT2D eigenvalue weighted by atomic mass is 16.4. The first-order valence-electron chi connectivity index (χ1n) is 6.28. The predicted molar refractivity (Wildman–Crippen MR) is 69.2 cm³/mol. The van der Waals surface area contributed by atoms with E-state index in [0.717, 1.165) is 5.56 Å². The lowest BCUT2D eigenvalue weighted by Gasteiger charge is -2.27. The molecule has 1 aliphatic rings. The topological polar surface area (TPSA) is 117 Å². The predicted octanol–water partition coefficient (Wildman–Crippen LogP) is -0.255. The Morgan fingerprint density at radius 1 is 1.58 bits per heavy atom. The van der Waals surface area contributed by atoms with Crippen LogP contribution in [0.3, 0.4) is 0 Å². The normalized spacial score (nSPS) is 25.1. The van der Waals surface area contributed by atoms with E-state index in [4.69, 9.17) is 15.8 Å². The number of hydrogen-bond donors (Lipinski definition) is 4. The van der Waals surface area contributed by atoms with Crippen LogP contribution in [0, 0.1) is 5.92 Å². The number of nitrogens with two attached hydrogens (primary N) is 1. The minimum Gasteiger partial charge on any atom is -0.480 e. The van der Waals surface area contributed by atoms with Gasteiger partial charge in [0.2, 0.25) is 0 Å². The van der Waals surface area contributed by atoms with Crippen LogP contribution in [0.25, 0.3) is 0 Å². The molecule has 7 heteroatoms. The average molecular weight is 264 g/mol. The molecule has 0 aromatic carbocycles. The van der Waals surface area contributed by atoms with E-state index in [0.29, 0.717) is 24.8 Å². The molecule has 102 valence electrons. The van der Waals surface area contributed by atoms with Gasteiger partial charge in [0.05, 0.1) is 0 Å². The van der Waals surface area contributed by atoms with Crippen molar-refractivity contribution in [2.24, 2.45) is 11.7 Å². The third kappa shape index (κ3) is 2.49. The van der Waals surface area contributed by atoms with Crippen molar-refractivity contribution in [3.05, 3.63) is 29.6 Å². The molecule has 0 saturated carbocycles. The van der Waals surface area contributed by atoms with Gasteiger partial charge in [-0.2, -0.15) is 0 Å². The summed E-state index contributed by atoms with van der Waals surface area (Å²) >= 11 is 0. The SMILES string of the molecule is NC1(C(=O)O)c2cnccc2CC1CCCB(O)O. The molecular formula is C12H17BN2O4. The summed E-state index contributed by atoms with van der Waals surface area (Å²) in [7, 11) is -1.36. The minimum absolute atomic E-state index is 0.223. The molecule has 1 aliphatic carbocycles. The number of carboxylic acid groups (broad SMARTS) is 1. The largest absolute Gasteiger partial charge is 0.480 e. The molecule has 0 radical (unpaired) electrons. The van der Waals surface area contributed by atoms with Gasteiger partial charge in [-0.3, -0.25) is 4.98 Å². The van der Waals surface area contributed by atoms with E-state index >= 15 is 0 Å². The van der Waals surface area contributed by atoms with Crippen molar-refractivity contribution in [3.8, 4) is 0 Å². The van der Waals surface area contributed by atoms with Gasteiger partial charge in [-0.15, -0.1) is 0 Å². The van der Waals surface area contributed by atoms with Gasteiger partial charge >= 0.3 is 13.1 Å². The molecule has 19 heavy (non-hydrogen) atoms. The summed E-state index contributed by atoms with van der Waals surface area (Å²) in [5, 5.41) is 27.1. The van der Waals surface area contributed by atoms with E-state index in [-0.39, 0.29) is 12.2 Å². The fourth-order valence-electron chi connectivity index (χ4n) is 2.79. The van der Waals surface area contributed by atoms with Gasteiger partial charge in [0.1, 0.15) is 5.54 Å². The van der Waals surface area contributed by atoms with Crippen LogP contribution in [0.5, 0.6) is 0 Å². The van der Waals surface area contributed by atoms with Crippen molar-refractivity contribution in [1.82, 2.24) is 4.98 Å². The summed E-state index contributed by atoms with van der Waals surface area (Å²) < 4.78 is 0. The lowest BCUT2D eigenvalue weighted by molar-refractivity contribution is -0.145. The van der Waals surface area contributed by atoms with E-state index < -0.39 is 18.6 Å². The second kappa shape index (κ2) is 5.28. The zero-order valence-corrected chi connectivity index (χ0v) is 10.5. The van der Waals surface area contributed by atoms with Gasteiger partial charge in [-0.25, -0.2) is 4.79 Å². The molecule has 1 aromatic rings. The van der Waals surface area contributed by atoms with Gasteiger partial charge < -0.3 is 20.9 Å². The van der Waals surface area contributed by atoms with Crippen LogP contribution in [0.1, 0.15) is 24.0 Å². The molecule has 0 bridgehead atoms. The first-order valence-corrected chi connectivity index (χ1v) is 6.28. The maximum absolute atomic E-state index is 11.5. The van der Waals surface area contributed by atoms with Crippen LogP contribution in [0.15, 0.2) is 18.5 Å². The Hall–Kier alpha value is -1.44. The Morgan fingerprint density at radius 3 is 2.95 bits per heavy atom. The molecule has 2 unspecified atom stereocenters. The number of nitrogens with zero attached hydrogens (tertiary/aromatic N) is 1. The van der Waals surface area contributed by atoms with Crippen molar-refractivity contribution >= 4 is 13.1 Å². The van der Waals surface area contributed by atoms with Gasteiger partial charge in [0, 0.05) is 18.0 Å². The molecule has 6 nitrogen and oxygen atoms in total. The molecule has 0 fully saturated rings. The molecule has 1 aromatic heterocycles. The fraction of sp³-hybridized carbons (Fsp3) is 0.500. The minimum atomic E-state index is -1.43. The quantitative estimate of drug-likeness (QED) is 0.544. The van der Waals surface area contributed by atoms with Crippen LogP contribution in [0.4, 0.5) is 0 Å². The van der Waals surface area contributed by atoms with Gasteiger partial charge in [-0.1, -0.05) is 6.42 Å². The molecule has 0 spiro atoms. The maximum Gasteiger partial charge on any atom is 0.451 e. The van der Waals surface area contributed by atoms with Crippen LogP contribution in [-0.2, 0) is 16.8 Å². The number of rotatable bonds is 5. The summed E-state index contributed by atoms with van der Waals surface area (Å²) in [6, 6.07) is 1.79. The van der Waals surface area contributed by atoms with Crippen molar-refractivity contribution in [1.29, 1.82) is 0 Å². The third-order valence-corrected chi connectivity index (χ3v) is 3.84. The number of aromatic nitrogens is 1. The van der Waals surface area contributed by atoms with E-state index in [1.54, 1.807) is 12.3 Å². The summed E-state index contributed by atoms with van der Waals surface area (Å²) in [5.74, 6) is -1.31. The van der Waals surface area contributed by atoms with E-state index in [9.17, 15) is 9.90 Å². The molecule has 0 amide bonds. The van der Waals surface area contributed by atoms with Crippen molar-refractivity contribution < 1.29 is 19.9 Å². The molecule has 1 heterocycles. The average Bonchev–Trinajstić information content (AvgIpc) is 2.64. The van der Waals surface area contributed by atoms with Gasteiger partial charge in [0.25, 0.3) is 0 Å². The van der Waals surface area contributed by atoms with Crippen LogP contribution in [0.2, 0.25) is 6.32 Å². The summed E-state index contributed by atoms with van der Waals surface area (Å²) in [6.45, 7) is 0. The second-order valence-electron chi connectivity index (χ2n) is 5.02. The monoisotopic (exact) mass is 264 g/mol. The Kier molecular flexibility index (Phi) is 3.89. The molecule has 5 N–H and O–H groups in total. The van der Waals surface area contributed by atoms with E-state index in [2.05, 4.69) is 4.98 Å². The number of hydrogen-bond acceptors (Lipinski definition) is 5. The second-order valence-corrected chi connectivity index (χ2v) is 5.02. The maximum atomic E-state index is 11.5. The summed E-state index contributed by atoms with van der Waals surface area (Å²) in [5.41, 5.74) is 6.16. The number of carbonyl (C=O) groups is 1. The Balaban J connectivity index is 2.20. The Labute approximate surface area is 111 Å². The standard InChI is InChI=1S/C12H17BN2O4/c14-12(11(16)17)9(2-1-4-13(18)19)6-8-3-5-15-7-10(8)12/h3,5,7,9,18-19H,1-2,4,6,14H2,(H,16,17). The third-order valence-electron chi connectivity index (χ3n) is 3.84. The first kappa shape index (κ1) is 14.0. The Bertz CT molecular complexity index is 483. The number of carboxylic acids is 1. The smallest absolute Gasteiger partial charge is 0.451 e. The lowest BCUT2D eigenvalue weighted by Crippen LogP contribution is -2.48. The molecule has 2 atom stereocenters. The number of aliphatic carboxylic acids is 1. The van der Waals surface area contributed by atoms with Crippen molar-refractivity contribution in [3.63, 3.8) is 0 Å². The molecular weight excluding hydrogens is 247 g/mol. The zero-order valence-electron chi connectivity index (χ0n) is 10.5. The summed E-state index contributed by atoms with van der Waals surface area (Å²) in [6.07, 6.45) is 5.01. The molecule has 0 aliphatic heterocycles. The summed E-state index contributed by atoms with van der Waals surface area (Å²) in [4.78, 5) is 15.5. The zero-order chi connectivity index (χ0) is 14.0. The molecule has 0 saturated heterocycles. The van der Waals surface area contributed by atoms with Gasteiger partial charge in [-0.05, 0) is 36.7 Å². The highest BCUT2D eigenvalue weighted by Gasteiger charge is 2.49. The van der Waals surface area contributed by atoms with E-state index in [1.807, 2.05) is 0 Å². The first-order chi connectivity index (χ1) is 8.96. The van der Waals surface area contributed by atoms with Crippen LogP contribution < -0.4 is 5.73 Å². The van der Waals surface area contributed by atoms with Gasteiger partial charge in [0.15, 0.2) is 0 Å². The number of pyridine rings is 1. The number of fused-ring (bicyclic) bond motifs is 1. The highest BCUT2D eigenvalue weighted by Crippen LogP contribution is 2.41. The highest BCUT2D eigenvalue weighted by molar-refractivity contribution is 6.40. The molecule has 2 rings (SSSR count).